The zero-order valence-corrected chi connectivity index (χ0v) is 55.0. The van der Waals surface area contributed by atoms with Crippen molar-refractivity contribution in [3.63, 3.8) is 0 Å². The van der Waals surface area contributed by atoms with Crippen molar-refractivity contribution in [2.45, 2.75) is 393 Å². The number of rotatable bonds is 67. The van der Waals surface area contributed by atoms with Gasteiger partial charge in [0.2, 0.25) is 0 Å². The van der Waals surface area contributed by atoms with Crippen LogP contribution >= 0.6 is 0 Å². The van der Waals surface area contributed by atoms with Crippen molar-refractivity contribution in [2.24, 2.45) is 0 Å². The Labute approximate surface area is 510 Å². The van der Waals surface area contributed by atoms with Gasteiger partial charge < -0.3 is 14.2 Å². The van der Waals surface area contributed by atoms with Crippen LogP contribution in [0.4, 0.5) is 0 Å². The van der Waals surface area contributed by atoms with Crippen LogP contribution in [0.5, 0.6) is 0 Å². The number of ether oxygens (including phenoxy) is 3. The Hall–Kier alpha value is -2.89. The quantitative estimate of drug-likeness (QED) is 0.0261. The molecule has 0 radical (unpaired) electrons. The topological polar surface area (TPSA) is 78.9 Å². The van der Waals surface area contributed by atoms with Crippen molar-refractivity contribution >= 4 is 17.9 Å². The van der Waals surface area contributed by atoms with Crippen molar-refractivity contribution in [1.82, 2.24) is 0 Å². The predicted molar refractivity (Wildman–Crippen MR) is 358 cm³/mol. The van der Waals surface area contributed by atoms with Gasteiger partial charge in [0, 0.05) is 19.3 Å². The molecule has 6 nitrogen and oxygen atoms in total. The van der Waals surface area contributed by atoms with Crippen LogP contribution < -0.4 is 0 Å². The van der Waals surface area contributed by atoms with E-state index in [9.17, 15) is 14.4 Å². The molecule has 0 aromatic heterocycles. The fourth-order valence-corrected chi connectivity index (χ4v) is 10.9. The number of hydrogen-bond acceptors (Lipinski definition) is 6. The standard InChI is InChI=1S/C76H138O6/c1-4-7-10-13-16-19-21-23-25-27-29-31-32-33-34-35-36-37-38-39-40-41-42-43-45-46-48-50-52-54-57-60-63-66-69-75(78)81-72-73(71-80-74(77)68-65-62-59-56-18-15-12-9-6-3)82-76(79)70-67-64-61-58-55-53-51-49-47-44-30-28-26-24-22-20-17-14-11-8-5-2/h8,11,17,20,24,26,30,44,49,51,73H,4-7,9-10,12-16,18-19,21-23,25,27-29,31-43,45-48,50,52-72H2,1-3H3/b11-8-,20-17-,26-24-,44-30-,51-49-. The largest absolute Gasteiger partial charge is 0.462 e. The molecule has 0 aliphatic heterocycles. The fraction of sp³-hybridized carbons (Fsp3) is 0.829. The van der Waals surface area contributed by atoms with Gasteiger partial charge in [-0.05, 0) is 64.2 Å². The van der Waals surface area contributed by atoms with E-state index < -0.39 is 6.10 Å². The molecule has 1 unspecified atom stereocenters. The van der Waals surface area contributed by atoms with Crippen LogP contribution in [0.2, 0.25) is 0 Å². The number of hydrogen-bond donors (Lipinski definition) is 0. The van der Waals surface area contributed by atoms with Gasteiger partial charge in [-0.3, -0.25) is 14.4 Å². The normalized spacial score (nSPS) is 12.4. The first-order valence-electron chi connectivity index (χ1n) is 36.3. The van der Waals surface area contributed by atoms with Gasteiger partial charge in [0.15, 0.2) is 6.10 Å². The lowest BCUT2D eigenvalue weighted by atomic mass is 10.0. The number of allylic oxidation sites excluding steroid dienone is 10. The molecule has 0 rings (SSSR count). The molecule has 0 heterocycles. The molecule has 0 N–H and O–H groups in total. The summed E-state index contributed by atoms with van der Waals surface area (Å²) in [4.78, 5) is 38.3. The van der Waals surface area contributed by atoms with E-state index in [1.54, 1.807) is 0 Å². The van der Waals surface area contributed by atoms with Gasteiger partial charge in [0.25, 0.3) is 0 Å². The molecule has 0 aromatic rings. The maximum Gasteiger partial charge on any atom is 0.306 e. The lowest BCUT2D eigenvalue weighted by Gasteiger charge is -2.18. The second-order valence-corrected chi connectivity index (χ2v) is 24.5. The molecular weight excluding hydrogens is 1010 g/mol. The summed E-state index contributed by atoms with van der Waals surface area (Å²) in [5.41, 5.74) is 0. The second kappa shape index (κ2) is 70.6. The SMILES string of the molecule is CC/C=C\C/C=C\C/C=C\C/C=C\C/C=C\CCCCCCCC(=O)OC(COC(=O)CCCCCCCCCCC)COC(=O)CCCCCCCCCCCCCCCCCCCCCCCCCCCCCCCCCCCC. The number of carbonyl (C=O) groups excluding carboxylic acids is 3. The van der Waals surface area contributed by atoms with E-state index in [0.717, 1.165) is 109 Å². The summed E-state index contributed by atoms with van der Waals surface area (Å²) in [6, 6.07) is 0. The lowest BCUT2D eigenvalue weighted by Crippen LogP contribution is -2.30. The van der Waals surface area contributed by atoms with E-state index in [-0.39, 0.29) is 31.1 Å². The highest BCUT2D eigenvalue weighted by molar-refractivity contribution is 5.71. The summed E-state index contributed by atoms with van der Waals surface area (Å²) in [5, 5.41) is 0. The molecule has 0 fully saturated rings. The summed E-state index contributed by atoms with van der Waals surface area (Å²) in [7, 11) is 0. The second-order valence-electron chi connectivity index (χ2n) is 24.5. The molecule has 0 aromatic carbocycles. The van der Waals surface area contributed by atoms with Gasteiger partial charge in [-0.1, -0.05) is 364 Å². The molecule has 478 valence electrons. The van der Waals surface area contributed by atoms with Crippen LogP contribution in [0, 0.1) is 0 Å². The summed E-state index contributed by atoms with van der Waals surface area (Å²) < 4.78 is 16.9. The average Bonchev–Trinajstić information content (AvgIpc) is 3.48. The van der Waals surface area contributed by atoms with Crippen molar-refractivity contribution in [2.75, 3.05) is 13.2 Å². The van der Waals surface area contributed by atoms with Crippen molar-refractivity contribution in [1.29, 1.82) is 0 Å². The summed E-state index contributed by atoms with van der Waals surface area (Å²) in [5.74, 6) is -0.879. The minimum absolute atomic E-state index is 0.0780. The molecule has 0 aliphatic carbocycles. The van der Waals surface area contributed by atoms with Crippen LogP contribution in [0.15, 0.2) is 60.8 Å². The van der Waals surface area contributed by atoms with Gasteiger partial charge in [-0.25, -0.2) is 0 Å². The van der Waals surface area contributed by atoms with Crippen LogP contribution in [0.3, 0.4) is 0 Å². The van der Waals surface area contributed by atoms with E-state index in [1.807, 2.05) is 0 Å². The highest BCUT2D eigenvalue weighted by atomic mass is 16.6. The summed E-state index contributed by atoms with van der Waals surface area (Å²) >= 11 is 0. The molecule has 0 bridgehead atoms. The highest BCUT2D eigenvalue weighted by Gasteiger charge is 2.19. The van der Waals surface area contributed by atoms with Gasteiger partial charge in [0.1, 0.15) is 13.2 Å². The first-order valence-corrected chi connectivity index (χ1v) is 36.3. The third-order valence-corrected chi connectivity index (χ3v) is 16.3. The summed E-state index contributed by atoms with van der Waals surface area (Å²) in [6.45, 7) is 6.55. The Balaban J connectivity index is 4.05. The van der Waals surface area contributed by atoms with Crippen molar-refractivity contribution < 1.29 is 28.6 Å². The number of esters is 3. The Bertz CT molecular complexity index is 1460. The minimum atomic E-state index is -0.782. The molecular formula is C76H138O6. The smallest absolute Gasteiger partial charge is 0.306 e. The average molecular weight is 1150 g/mol. The number of carbonyl (C=O) groups is 3. The van der Waals surface area contributed by atoms with Gasteiger partial charge >= 0.3 is 17.9 Å². The predicted octanol–water partition coefficient (Wildman–Crippen LogP) is 25.1. The Morgan fingerprint density at radius 1 is 0.256 bits per heavy atom. The van der Waals surface area contributed by atoms with E-state index >= 15 is 0 Å². The molecule has 0 saturated carbocycles. The first-order chi connectivity index (χ1) is 40.5. The third kappa shape index (κ3) is 67.9. The highest BCUT2D eigenvalue weighted by Crippen LogP contribution is 2.19. The van der Waals surface area contributed by atoms with E-state index in [2.05, 4.69) is 81.5 Å². The van der Waals surface area contributed by atoms with Crippen molar-refractivity contribution in [3.05, 3.63) is 60.8 Å². The molecule has 0 saturated heterocycles. The first kappa shape index (κ1) is 79.1. The van der Waals surface area contributed by atoms with E-state index in [4.69, 9.17) is 14.2 Å². The molecule has 6 heteroatoms. The summed E-state index contributed by atoms with van der Waals surface area (Å²) in [6.07, 6.45) is 91.5. The Morgan fingerprint density at radius 2 is 0.476 bits per heavy atom. The van der Waals surface area contributed by atoms with Crippen molar-refractivity contribution in [3.8, 4) is 0 Å². The molecule has 0 aliphatic rings. The number of unbranched alkanes of at least 4 members (excludes halogenated alkanes) is 46. The maximum atomic E-state index is 12.9. The minimum Gasteiger partial charge on any atom is -0.462 e. The van der Waals surface area contributed by atoms with Crippen LogP contribution in [-0.2, 0) is 28.6 Å². The van der Waals surface area contributed by atoms with Crippen LogP contribution in [0.1, 0.15) is 387 Å². The lowest BCUT2D eigenvalue weighted by molar-refractivity contribution is -0.167. The van der Waals surface area contributed by atoms with Gasteiger partial charge in [-0.15, -0.1) is 0 Å². The van der Waals surface area contributed by atoms with Crippen LogP contribution in [0.25, 0.3) is 0 Å². The molecule has 0 spiro atoms. The van der Waals surface area contributed by atoms with Gasteiger partial charge in [0.05, 0.1) is 0 Å². The fourth-order valence-electron chi connectivity index (χ4n) is 10.9. The Morgan fingerprint density at radius 3 is 0.744 bits per heavy atom. The molecule has 1 atom stereocenters. The third-order valence-electron chi connectivity index (χ3n) is 16.3. The zero-order valence-electron chi connectivity index (χ0n) is 55.0. The molecule has 82 heavy (non-hydrogen) atoms. The monoisotopic (exact) mass is 1150 g/mol. The van der Waals surface area contributed by atoms with Gasteiger partial charge in [-0.2, -0.15) is 0 Å². The van der Waals surface area contributed by atoms with E-state index in [0.29, 0.717) is 19.3 Å². The van der Waals surface area contributed by atoms with Crippen LogP contribution in [-0.4, -0.2) is 37.2 Å². The van der Waals surface area contributed by atoms with E-state index in [1.165, 1.54) is 238 Å². The molecule has 0 amide bonds. The Kier molecular flexibility index (Phi) is 68.1. The maximum absolute atomic E-state index is 12.9. The zero-order chi connectivity index (χ0) is 59.2.